The number of nitrogens with one attached hydrogen (secondary N) is 1. The summed E-state index contributed by atoms with van der Waals surface area (Å²) in [5, 5.41) is 3.18. The highest BCUT2D eigenvalue weighted by molar-refractivity contribution is 7.92. The van der Waals surface area contributed by atoms with E-state index in [1.54, 1.807) is 50.4 Å². The maximum atomic E-state index is 14.1. The molecule has 0 radical (unpaired) electrons. The zero-order valence-electron chi connectivity index (χ0n) is 23.8. The number of rotatable bonds is 13. The molecule has 41 heavy (non-hydrogen) atoms. The molecule has 0 aliphatic rings. The molecule has 0 aliphatic carbocycles. The maximum absolute atomic E-state index is 14.1. The average Bonchev–Trinajstić information content (AvgIpc) is 2.95. The number of methoxy groups -OCH3 is 2. The van der Waals surface area contributed by atoms with Crippen LogP contribution in [0.2, 0.25) is 5.02 Å². The summed E-state index contributed by atoms with van der Waals surface area (Å²) in [7, 11) is -1.20. The van der Waals surface area contributed by atoms with E-state index in [4.69, 9.17) is 21.1 Å². The SMILES string of the molecule is CC[C@@H](C(=O)NC(C)C)N(Cc1cccc(OC)c1)C(=O)CN(c1cccc(Cl)c1)S(=O)(=O)c1ccc(OC)cc1. The van der Waals surface area contributed by atoms with Crippen molar-refractivity contribution in [2.75, 3.05) is 25.1 Å². The second kappa shape index (κ2) is 14.2. The molecule has 3 aromatic carbocycles. The van der Waals surface area contributed by atoms with Gasteiger partial charge >= 0.3 is 0 Å². The summed E-state index contributed by atoms with van der Waals surface area (Å²) in [4.78, 5) is 28.7. The third kappa shape index (κ3) is 8.14. The van der Waals surface area contributed by atoms with Gasteiger partial charge in [0.25, 0.3) is 10.0 Å². The highest BCUT2D eigenvalue weighted by Crippen LogP contribution is 2.28. The van der Waals surface area contributed by atoms with Gasteiger partial charge < -0.3 is 19.7 Å². The number of benzene rings is 3. The van der Waals surface area contributed by atoms with Crippen molar-refractivity contribution < 1.29 is 27.5 Å². The van der Waals surface area contributed by atoms with Gasteiger partial charge in [-0.3, -0.25) is 13.9 Å². The van der Waals surface area contributed by atoms with Gasteiger partial charge in [0.2, 0.25) is 11.8 Å². The van der Waals surface area contributed by atoms with Gasteiger partial charge in [-0.2, -0.15) is 0 Å². The highest BCUT2D eigenvalue weighted by Gasteiger charge is 2.34. The fourth-order valence-electron chi connectivity index (χ4n) is 4.30. The van der Waals surface area contributed by atoms with Gasteiger partial charge in [0.1, 0.15) is 24.1 Å². The van der Waals surface area contributed by atoms with Crippen molar-refractivity contribution in [3.63, 3.8) is 0 Å². The third-order valence-electron chi connectivity index (χ3n) is 6.33. The van der Waals surface area contributed by atoms with Crippen molar-refractivity contribution in [1.82, 2.24) is 10.2 Å². The fourth-order valence-corrected chi connectivity index (χ4v) is 5.89. The molecular formula is C30H36ClN3O6S. The zero-order chi connectivity index (χ0) is 30.2. The molecule has 3 aromatic rings. The van der Waals surface area contributed by atoms with Crippen LogP contribution in [0.3, 0.4) is 0 Å². The van der Waals surface area contributed by atoms with E-state index in [-0.39, 0.29) is 29.1 Å². The summed E-state index contributed by atoms with van der Waals surface area (Å²) < 4.78 is 39.4. The van der Waals surface area contributed by atoms with Crippen molar-refractivity contribution in [2.45, 2.75) is 50.7 Å². The number of carbonyl (C=O) groups excluding carboxylic acids is 2. The van der Waals surface area contributed by atoms with Gasteiger partial charge in [-0.05, 0) is 80.4 Å². The first kappa shape index (κ1) is 31.8. The van der Waals surface area contributed by atoms with Crippen molar-refractivity contribution in [2.24, 2.45) is 0 Å². The van der Waals surface area contributed by atoms with Crippen LogP contribution in [0.15, 0.2) is 77.7 Å². The number of sulfonamides is 1. The monoisotopic (exact) mass is 601 g/mol. The summed E-state index contributed by atoms with van der Waals surface area (Å²) in [6, 6.07) is 18.3. The van der Waals surface area contributed by atoms with Crippen LogP contribution in [0.25, 0.3) is 0 Å². The first-order valence-electron chi connectivity index (χ1n) is 13.1. The first-order chi connectivity index (χ1) is 19.5. The Morgan fingerprint density at radius 2 is 1.59 bits per heavy atom. The minimum Gasteiger partial charge on any atom is -0.497 e. The molecule has 0 unspecified atom stereocenters. The largest absolute Gasteiger partial charge is 0.497 e. The lowest BCUT2D eigenvalue weighted by molar-refractivity contribution is -0.140. The average molecular weight is 602 g/mol. The summed E-state index contributed by atoms with van der Waals surface area (Å²) in [5.41, 5.74) is 0.934. The number of amides is 2. The lowest BCUT2D eigenvalue weighted by Crippen LogP contribution is -2.53. The molecular weight excluding hydrogens is 566 g/mol. The fraction of sp³-hybridized carbons (Fsp3) is 0.333. The minimum absolute atomic E-state index is 0.0324. The second-order valence-corrected chi connectivity index (χ2v) is 11.9. The number of nitrogens with zero attached hydrogens (tertiary/aromatic N) is 2. The van der Waals surface area contributed by atoms with Gasteiger partial charge in [-0.15, -0.1) is 0 Å². The van der Waals surface area contributed by atoms with E-state index in [0.29, 0.717) is 22.9 Å². The predicted molar refractivity (Wildman–Crippen MR) is 160 cm³/mol. The van der Waals surface area contributed by atoms with Gasteiger partial charge in [0.05, 0.1) is 24.8 Å². The molecule has 0 spiro atoms. The van der Waals surface area contributed by atoms with Crippen LogP contribution in [0.5, 0.6) is 11.5 Å². The Balaban J connectivity index is 2.07. The predicted octanol–water partition coefficient (Wildman–Crippen LogP) is 4.88. The summed E-state index contributed by atoms with van der Waals surface area (Å²) in [6.45, 7) is 4.97. The Bertz CT molecular complexity index is 1450. The van der Waals surface area contributed by atoms with E-state index in [0.717, 1.165) is 9.87 Å². The van der Waals surface area contributed by atoms with E-state index < -0.39 is 28.5 Å². The van der Waals surface area contributed by atoms with Crippen LogP contribution >= 0.6 is 11.6 Å². The van der Waals surface area contributed by atoms with Gasteiger partial charge in [0.15, 0.2) is 0 Å². The molecule has 1 atom stereocenters. The molecule has 9 nitrogen and oxygen atoms in total. The van der Waals surface area contributed by atoms with Crippen molar-refractivity contribution in [1.29, 1.82) is 0 Å². The van der Waals surface area contributed by atoms with Crippen molar-refractivity contribution in [3.05, 3.63) is 83.4 Å². The quantitative estimate of drug-likeness (QED) is 0.299. The Morgan fingerprint density at radius 1 is 0.927 bits per heavy atom. The number of anilines is 1. The Hall–Kier alpha value is -3.76. The number of halogens is 1. The maximum Gasteiger partial charge on any atom is 0.264 e. The Kier molecular flexibility index (Phi) is 11.0. The van der Waals surface area contributed by atoms with Gasteiger partial charge in [0, 0.05) is 17.6 Å². The lowest BCUT2D eigenvalue weighted by Gasteiger charge is -2.33. The molecule has 3 rings (SSSR count). The molecule has 0 saturated carbocycles. The molecule has 0 heterocycles. The summed E-state index contributed by atoms with van der Waals surface area (Å²) in [6.07, 6.45) is 0.316. The van der Waals surface area contributed by atoms with Crippen LogP contribution in [0.4, 0.5) is 5.69 Å². The molecule has 220 valence electrons. The second-order valence-electron chi connectivity index (χ2n) is 9.63. The van der Waals surface area contributed by atoms with Gasteiger partial charge in [-0.25, -0.2) is 8.42 Å². The van der Waals surface area contributed by atoms with Crippen molar-refractivity contribution >= 4 is 39.1 Å². The molecule has 0 aromatic heterocycles. The number of ether oxygens (including phenoxy) is 2. The van der Waals surface area contributed by atoms with Crippen LogP contribution in [-0.2, 0) is 26.2 Å². The molecule has 11 heteroatoms. The summed E-state index contributed by atoms with van der Waals surface area (Å²) >= 11 is 6.22. The molecule has 0 fully saturated rings. The number of hydrogen-bond donors (Lipinski definition) is 1. The number of hydrogen-bond acceptors (Lipinski definition) is 6. The van der Waals surface area contributed by atoms with E-state index in [9.17, 15) is 18.0 Å². The Morgan fingerprint density at radius 3 is 2.17 bits per heavy atom. The third-order valence-corrected chi connectivity index (χ3v) is 8.35. The van der Waals surface area contributed by atoms with Crippen LogP contribution < -0.4 is 19.1 Å². The standard InChI is InChI=1S/C30H36ClN3O6S/c1-6-28(30(36)32-21(2)3)33(19-22-9-7-12-26(17-22)40-5)29(35)20-34(24-11-8-10-23(31)18-24)41(37,38)27-15-13-25(39-4)14-16-27/h7-18,21,28H,6,19-20H2,1-5H3,(H,32,36)/t28-/m0/s1. The molecule has 0 aliphatic heterocycles. The first-order valence-corrected chi connectivity index (χ1v) is 15.0. The van der Waals surface area contributed by atoms with Crippen LogP contribution in [0.1, 0.15) is 32.8 Å². The normalized spacial score (nSPS) is 12.0. The van der Waals surface area contributed by atoms with Crippen molar-refractivity contribution in [3.8, 4) is 11.5 Å². The van der Waals surface area contributed by atoms with Crippen LogP contribution in [0, 0.1) is 0 Å². The number of carbonyl (C=O) groups is 2. The van der Waals surface area contributed by atoms with Crippen LogP contribution in [-0.4, -0.2) is 58.0 Å². The summed E-state index contributed by atoms with van der Waals surface area (Å²) in [5.74, 6) is 0.194. The zero-order valence-corrected chi connectivity index (χ0v) is 25.4. The van der Waals surface area contributed by atoms with E-state index in [1.165, 1.54) is 42.3 Å². The van der Waals surface area contributed by atoms with E-state index in [2.05, 4.69) is 5.32 Å². The molecule has 2 amide bonds. The topological polar surface area (TPSA) is 105 Å². The van der Waals surface area contributed by atoms with Gasteiger partial charge in [-0.1, -0.05) is 36.7 Å². The highest BCUT2D eigenvalue weighted by atomic mass is 35.5. The molecule has 0 bridgehead atoms. The minimum atomic E-state index is -4.23. The molecule has 1 N–H and O–H groups in total. The van der Waals surface area contributed by atoms with E-state index in [1.807, 2.05) is 19.9 Å². The molecule has 0 saturated heterocycles. The Labute approximate surface area is 247 Å². The smallest absolute Gasteiger partial charge is 0.264 e. The lowest BCUT2D eigenvalue weighted by atomic mass is 10.1. The van der Waals surface area contributed by atoms with E-state index >= 15 is 0 Å².